The number of hydrogen-bond donors (Lipinski definition) is 2. The van der Waals surface area contributed by atoms with E-state index in [-0.39, 0.29) is 12.5 Å². The van der Waals surface area contributed by atoms with Crippen LogP contribution in [0.3, 0.4) is 0 Å². The Hall–Kier alpha value is -1.69. The van der Waals surface area contributed by atoms with Gasteiger partial charge in [-0.3, -0.25) is 4.79 Å². The third-order valence-corrected chi connectivity index (χ3v) is 3.70. The van der Waals surface area contributed by atoms with Crippen LogP contribution in [0.15, 0.2) is 12.1 Å². The molecular weight excluding hydrogens is 256 g/mol. The quantitative estimate of drug-likeness (QED) is 0.834. The molecule has 0 radical (unpaired) electrons. The molecule has 1 amide bonds. The van der Waals surface area contributed by atoms with E-state index < -0.39 is 0 Å². The van der Waals surface area contributed by atoms with Gasteiger partial charge in [-0.05, 0) is 44.2 Å². The van der Waals surface area contributed by atoms with E-state index in [2.05, 4.69) is 20.4 Å². The van der Waals surface area contributed by atoms with Crippen molar-refractivity contribution in [3.05, 3.63) is 17.8 Å². The Labute approximate surface area is 119 Å². The minimum Gasteiger partial charge on any atom is -0.396 e. The summed E-state index contributed by atoms with van der Waals surface area (Å²) in [5.74, 6) is 1.24. The Balaban J connectivity index is 1.92. The highest BCUT2D eigenvalue weighted by Crippen LogP contribution is 2.23. The van der Waals surface area contributed by atoms with Gasteiger partial charge < -0.3 is 15.3 Å². The molecular formula is C14H22N4O2. The monoisotopic (exact) mass is 278 g/mol. The van der Waals surface area contributed by atoms with Crippen molar-refractivity contribution >= 4 is 11.7 Å². The van der Waals surface area contributed by atoms with Gasteiger partial charge in [0.1, 0.15) is 0 Å². The number of piperidine rings is 1. The molecule has 6 nitrogen and oxygen atoms in total. The van der Waals surface area contributed by atoms with E-state index in [1.807, 2.05) is 13.0 Å². The molecule has 2 N–H and O–H groups in total. The second kappa shape index (κ2) is 7.19. The Bertz CT molecular complexity index is 427. The molecule has 0 saturated carbocycles. The lowest BCUT2D eigenvalue weighted by molar-refractivity contribution is 0.0950. The van der Waals surface area contributed by atoms with Gasteiger partial charge in [0.15, 0.2) is 11.5 Å². The zero-order valence-electron chi connectivity index (χ0n) is 11.9. The number of aliphatic hydroxyl groups is 1. The normalized spacial score (nSPS) is 16.2. The van der Waals surface area contributed by atoms with Gasteiger partial charge in [0.2, 0.25) is 0 Å². The van der Waals surface area contributed by atoms with Gasteiger partial charge in [-0.2, -0.15) is 0 Å². The van der Waals surface area contributed by atoms with Crippen molar-refractivity contribution in [3.8, 4) is 0 Å². The number of carbonyl (C=O) groups is 1. The molecule has 0 unspecified atom stereocenters. The zero-order chi connectivity index (χ0) is 14.4. The summed E-state index contributed by atoms with van der Waals surface area (Å²) in [7, 11) is 0. The summed E-state index contributed by atoms with van der Waals surface area (Å²) in [6.45, 7) is 4.59. The number of aromatic nitrogens is 2. The highest BCUT2D eigenvalue weighted by Gasteiger charge is 2.20. The second-order valence-corrected chi connectivity index (χ2v) is 5.08. The van der Waals surface area contributed by atoms with E-state index in [0.29, 0.717) is 18.2 Å². The standard InChI is InChI=1S/C14H22N4O2/c1-2-15-14(20)12-3-4-13(17-16-12)18-8-5-11(6-9-18)7-10-19/h3-4,11,19H,2,5-10H2,1H3,(H,15,20). The summed E-state index contributed by atoms with van der Waals surface area (Å²) in [4.78, 5) is 13.8. The smallest absolute Gasteiger partial charge is 0.271 e. The SMILES string of the molecule is CCNC(=O)c1ccc(N2CCC(CCO)CC2)nn1. The second-order valence-electron chi connectivity index (χ2n) is 5.08. The molecule has 0 spiro atoms. The Kier molecular flexibility index (Phi) is 5.29. The van der Waals surface area contributed by atoms with Crippen LogP contribution in [0.4, 0.5) is 5.82 Å². The van der Waals surface area contributed by atoms with Gasteiger partial charge in [0, 0.05) is 26.2 Å². The third-order valence-electron chi connectivity index (χ3n) is 3.70. The van der Waals surface area contributed by atoms with Crippen molar-refractivity contribution in [1.82, 2.24) is 15.5 Å². The van der Waals surface area contributed by atoms with Crippen molar-refractivity contribution in [1.29, 1.82) is 0 Å². The molecule has 1 aromatic heterocycles. The van der Waals surface area contributed by atoms with E-state index in [1.54, 1.807) is 6.07 Å². The lowest BCUT2D eigenvalue weighted by atomic mass is 9.94. The molecule has 1 fully saturated rings. The molecule has 2 heterocycles. The van der Waals surface area contributed by atoms with Gasteiger partial charge in [-0.15, -0.1) is 10.2 Å². The summed E-state index contributed by atoms with van der Waals surface area (Å²) >= 11 is 0. The lowest BCUT2D eigenvalue weighted by Gasteiger charge is -2.32. The number of nitrogens with one attached hydrogen (secondary N) is 1. The maximum Gasteiger partial charge on any atom is 0.271 e. The third kappa shape index (κ3) is 3.66. The number of rotatable bonds is 5. The first-order valence-electron chi connectivity index (χ1n) is 7.22. The van der Waals surface area contributed by atoms with E-state index in [0.717, 1.165) is 38.2 Å². The van der Waals surface area contributed by atoms with Crippen molar-refractivity contribution < 1.29 is 9.90 Å². The topological polar surface area (TPSA) is 78.4 Å². The molecule has 1 aliphatic heterocycles. The molecule has 1 aromatic rings. The van der Waals surface area contributed by atoms with Crippen LogP contribution in [0.25, 0.3) is 0 Å². The molecule has 0 aromatic carbocycles. The maximum absolute atomic E-state index is 11.6. The lowest BCUT2D eigenvalue weighted by Crippen LogP contribution is -2.34. The van der Waals surface area contributed by atoms with Crippen LogP contribution in [0.1, 0.15) is 36.7 Å². The van der Waals surface area contributed by atoms with Crippen LogP contribution in [-0.4, -0.2) is 47.5 Å². The summed E-state index contributed by atoms with van der Waals surface area (Å²) in [6, 6.07) is 3.57. The van der Waals surface area contributed by atoms with Crippen molar-refractivity contribution in [2.75, 3.05) is 31.1 Å². The van der Waals surface area contributed by atoms with E-state index in [9.17, 15) is 4.79 Å². The molecule has 110 valence electrons. The van der Waals surface area contributed by atoms with Gasteiger partial charge in [0.05, 0.1) is 0 Å². The number of hydrogen-bond acceptors (Lipinski definition) is 5. The van der Waals surface area contributed by atoms with Crippen LogP contribution >= 0.6 is 0 Å². The van der Waals surface area contributed by atoms with Gasteiger partial charge >= 0.3 is 0 Å². The van der Waals surface area contributed by atoms with Crippen molar-refractivity contribution in [3.63, 3.8) is 0 Å². The minimum absolute atomic E-state index is 0.187. The van der Waals surface area contributed by atoms with Gasteiger partial charge in [0.25, 0.3) is 5.91 Å². The number of carbonyl (C=O) groups excluding carboxylic acids is 1. The molecule has 0 atom stereocenters. The number of amides is 1. The van der Waals surface area contributed by atoms with E-state index >= 15 is 0 Å². The van der Waals surface area contributed by atoms with Crippen LogP contribution in [0.2, 0.25) is 0 Å². The summed E-state index contributed by atoms with van der Waals surface area (Å²) in [5, 5.41) is 19.8. The predicted molar refractivity (Wildman–Crippen MR) is 76.7 cm³/mol. The van der Waals surface area contributed by atoms with E-state index in [4.69, 9.17) is 5.11 Å². The Morgan fingerprint density at radius 2 is 2.15 bits per heavy atom. The molecule has 0 aliphatic carbocycles. The Morgan fingerprint density at radius 3 is 2.70 bits per heavy atom. The first kappa shape index (κ1) is 14.7. The summed E-state index contributed by atoms with van der Waals surface area (Å²) in [6.07, 6.45) is 3.02. The maximum atomic E-state index is 11.6. The van der Waals surface area contributed by atoms with Crippen LogP contribution in [0, 0.1) is 5.92 Å². The fourth-order valence-corrected chi connectivity index (χ4v) is 2.50. The fourth-order valence-electron chi connectivity index (χ4n) is 2.50. The highest BCUT2D eigenvalue weighted by atomic mass is 16.3. The number of aliphatic hydroxyl groups excluding tert-OH is 1. The van der Waals surface area contributed by atoms with Gasteiger partial charge in [-0.25, -0.2) is 0 Å². The molecule has 1 saturated heterocycles. The first-order chi connectivity index (χ1) is 9.74. The summed E-state index contributed by atoms with van der Waals surface area (Å²) < 4.78 is 0. The molecule has 20 heavy (non-hydrogen) atoms. The fraction of sp³-hybridized carbons (Fsp3) is 0.643. The molecule has 1 aliphatic rings. The minimum atomic E-state index is -0.187. The van der Waals surface area contributed by atoms with Gasteiger partial charge in [-0.1, -0.05) is 0 Å². The van der Waals surface area contributed by atoms with Crippen LogP contribution in [-0.2, 0) is 0 Å². The average molecular weight is 278 g/mol. The molecule has 2 rings (SSSR count). The number of anilines is 1. The van der Waals surface area contributed by atoms with Crippen LogP contribution < -0.4 is 10.2 Å². The van der Waals surface area contributed by atoms with Crippen molar-refractivity contribution in [2.24, 2.45) is 5.92 Å². The summed E-state index contributed by atoms with van der Waals surface area (Å²) in [5.41, 5.74) is 0.353. The first-order valence-corrected chi connectivity index (χ1v) is 7.22. The molecule has 0 bridgehead atoms. The highest BCUT2D eigenvalue weighted by molar-refractivity contribution is 5.92. The van der Waals surface area contributed by atoms with Crippen LogP contribution in [0.5, 0.6) is 0 Å². The Morgan fingerprint density at radius 1 is 1.40 bits per heavy atom. The van der Waals surface area contributed by atoms with E-state index in [1.165, 1.54) is 0 Å². The number of nitrogens with zero attached hydrogens (tertiary/aromatic N) is 3. The largest absolute Gasteiger partial charge is 0.396 e. The predicted octanol–water partition coefficient (Wildman–Crippen LogP) is 0.825. The zero-order valence-corrected chi connectivity index (χ0v) is 11.9. The average Bonchev–Trinajstić information content (AvgIpc) is 2.49. The van der Waals surface area contributed by atoms with Crippen molar-refractivity contribution in [2.45, 2.75) is 26.2 Å². The molecule has 6 heteroatoms.